The molecule has 8 heteroatoms. The molecule has 0 aliphatic carbocycles. The number of fused-ring (bicyclic) bond motifs is 1. The van der Waals surface area contributed by atoms with Crippen LogP contribution in [0.2, 0.25) is 0 Å². The van der Waals surface area contributed by atoms with Crippen molar-refractivity contribution in [1.29, 1.82) is 0 Å². The summed E-state index contributed by atoms with van der Waals surface area (Å²) in [5.74, 6) is -0.584. The number of carbonyl (C=O) groups excluding carboxylic acids is 2. The van der Waals surface area contributed by atoms with E-state index >= 15 is 0 Å². The third-order valence-corrected chi connectivity index (χ3v) is 4.73. The highest BCUT2D eigenvalue weighted by Crippen LogP contribution is 2.38. The van der Waals surface area contributed by atoms with E-state index in [-0.39, 0.29) is 24.9 Å². The fourth-order valence-corrected chi connectivity index (χ4v) is 3.18. The predicted octanol–water partition coefficient (Wildman–Crippen LogP) is 2.66. The Kier molecular flexibility index (Phi) is 6.13. The van der Waals surface area contributed by atoms with Crippen molar-refractivity contribution in [3.63, 3.8) is 0 Å². The van der Waals surface area contributed by atoms with Gasteiger partial charge in [0.15, 0.2) is 17.6 Å². The van der Waals surface area contributed by atoms with Gasteiger partial charge in [-0.3, -0.25) is 0 Å². The van der Waals surface area contributed by atoms with Gasteiger partial charge in [-0.05, 0) is 56.2 Å². The molecule has 0 saturated carbocycles. The van der Waals surface area contributed by atoms with Crippen LogP contribution in [0.15, 0.2) is 42.5 Å². The first kappa shape index (κ1) is 22.4. The van der Waals surface area contributed by atoms with Gasteiger partial charge in [0.25, 0.3) is 0 Å². The summed E-state index contributed by atoms with van der Waals surface area (Å²) in [5.41, 5.74) is 4.82. The van der Waals surface area contributed by atoms with Crippen molar-refractivity contribution in [3.05, 3.63) is 53.6 Å². The molecule has 8 nitrogen and oxygen atoms in total. The number of phenols is 1. The molecule has 31 heavy (non-hydrogen) atoms. The Morgan fingerprint density at radius 1 is 1.10 bits per heavy atom. The minimum absolute atomic E-state index is 0.132. The summed E-state index contributed by atoms with van der Waals surface area (Å²) in [7, 11) is 1.17. The molecule has 2 aromatic rings. The van der Waals surface area contributed by atoms with Crippen molar-refractivity contribution in [1.82, 2.24) is 0 Å². The molecule has 0 fully saturated rings. The van der Waals surface area contributed by atoms with Crippen molar-refractivity contribution in [2.24, 2.45) is 5.73 Å². The van der Waals surface area contributed by atoms with Gasteiger partial charge >= 0.3 is 11.9 Å². The highest BCUT2D eigenvalue weighted by molar-refractivity contribution is 6.05. The summed E-state index contributed by atoms with van der Waals surface area (Å²) in [5, 5.41) is 9.45. The van der Waals surface area contributed by atoms with E-state index in [0.717, 1.165) is 5.56 Å². The molecule has 2 atom stereocenters. The number of benzene rings is 2. The van der Waals surface area contributed by atoms with Gasteiger partial charge in [0.2, 0.25) is 5.54 Å². The number of carbonyl (C=O) groups is 2. The molecule has 166 valence electrons. The van der Waals surface area contributed by atoms with Crippen molar-refractivity contribution < 1.29 is 33.6 Å². The maximum absolute atomic E-state index is 12.7. The van der Waals surface area contributed by atoms with Gasteiger partial charge in [-0.1, -0.05) is 18.2 Å². The van der Waals surface area contributed by atoms with E-state index in [4.69, 9.17) is 24.7 Å². The number of esters is 2. The number of rotatable bonds is 5. The molecule has 3 rings (SSSR count). The van der Waals surface area contributed by atoms with E-state index in [9.17, 15) is 14.7 Å². The number of aromatic hydroxyl groups is 1. The van der Waals surface area contributed by atoms with Crippen LogP contribution in [0.4, 0.5) is 0 Å². The largest absolute Gasteiger partial charge is 0.508 e. The minimum Gasteiger partial charge on any atom is -0.508 e. The lowest BCUT2D eigenvalue weighted by Gasteiger charge is -2.30. The number of methoxy groups -OCH3 is 1. The summed E-state index contributed by atoms with van der Waals surface area (Å²) in [6.45, 7) is 5.34. The van der Waals surface area contributed by atoms with Gasteiger partial charge in [-0.2, -0.15) is 0 Å². The molecule has 1 aliphatic rings. The molecule has 0 amide bonds. The average molecular weight is 429 g/mol. The fraction of sp³-hybridized carbons (Fsp3) is 0.391. The normalized spacial score (nSPS) is 17.4. The van der Waals surface area contributed by atoms with Crippen molar-refractivity contribution in [2.75, 3.05) is 13.7 Å². The Bertz CT molecular complexity index is 965. The zero-order valence-electron chi connectivity index (χ0n) is 18.0. The van der Waals surface area contributed by atoms with E-state index < -0.39 is 23.1 Å². The lowest BCUT2D eigenvalue weighted by molar-refractivity contribution is -0.170. The zero-order valence-corrected chi connectivity index (χ0v) is 18.0. The van der Waals surface area contributed by atoms with E-state index in [1.807, 2.05) is 0 Å². The Morgan fingerprint density at radius 2 is 1.77 bits per heavy atom. The number of phenolic OH excluding ortho intramolecular Hbond substituents is 1. The minimum atomic E-state index is -2.00. The molecule has 0 radical (unpaired) electrons. The highest BCUT2D eigenvalue weighted by atomic mass is 16.6. The molecule has 1 aliphatic heterocycles. The smallest absolute Gasteiger partial charge is 0.338 e. The quantitative estimate of drug-likeness (QED) is 0.550. The van der Waals surface area contributed by atoms with Gasteiger partial charge in [-0.15, -0.1) is 0 Å². The number of ether oxygens (including phenoxy) is 4. The summed E-state index contributed by atoms with van der Waals surface area (Å²) in [6, 6.07) is 11.8. The SMILES string of the molecule is COC(=O)C(N)(Cc1ccc2c(c1)OC[C@H](c1ccc(O)cc1)O2)C(=O)OC(C)(C)C. The first-order valence-corrected chi connectivity index (χ1v) is 9.84. The molecule has 2 aromatic carbocycles. The van der Waals surface area contributed by atoms with Crippen LogP contribution in [-0.2, 0) is 25.5 Å². The van der Waals surface area contributed by atoms with Gasteiger partial charge < -0.3 is 29.8 Å². The van der Waals surface area contributed by atoms with Crippen LogP contribution in [0.1, 0.15) is 38.0 Å². The topological polar surface area (TPSA) is 117 Å². The maximum atomic E-state index is 12.7. The third-order valence-electron chi connectivity index (χ3n) is 4.73. The van der Waals surface area contributed by atoms with E-state index in [2.05, 4.69) is 0 Å². The number of hydrogen-bond acceptors (Lipinski definition) is 8. The molecule has 1 unspecified atom stereocenters. The number of hydrogen-bond donors (Lipinski definition) is 2. The van der Waals surface area contributed by atoms with E-state index in [1.54, 1.807) is 63.2 Å². The predicted molar refractivity (Wildman–Crippen MR) is 112 cm³/mol. The summed E-state index contributed by atoms with van der Waals surface area (Å²) in [4.78, 5) is 25.0. The second-order valence-electron chi connectivity index (χ2n) is 8.43. The highest BCUT2D eigenvalue weighted by Gasteiger charge is 2.46. The van der Waals surface area contributed by atoms with Crippen molar-refractivity contribution in [2.45, 2.75) is 44.4 Å². The first-order valence-electron chi connectivity index (χ1n) is 9.84. The Balaban J connectivity index is 1.80. The van der Waals surface area contributed by atoms with E-state index in [0.29, 0.717) is 17.1 Å². The summed E-state index contributed by atoms with van der Waals surface area (Å²) in [6.07, 6.45) is -0.462. The summed E-state index contributed by atoms with van der Waals surface area (Å²) < 4.78 is 22.0. The van der Waals surface area contributed by atoms with Crippen LogP contribution >= 0.6 is 0 Å². The molecule has 0 saturated heterocycles. The second kappa shape index (κ2) is 8.47. The monoisotopic (exact) mass is 429 g/mol. The first-order chi connectivity index (χ1) is 14.5. The van der Waals surface area contributed by atoms with Gasteiger partial charge in [-0.25, -0.2) is 9.59 Å². The van der Waals surface area contributed by atoms with Gasteiger partial charge in [0, 0.05) is 6.42 Å². The molecular weight excluding hydrogens is 402 g/mol. The maximum Gasteiger partial charge on any atom is 0.338 e. The van der Waals surface area contributed by atoms with Crippen LogP contribution in [0, 0.1) is 0 Å². The summed E-state index contributed by atoms with van der Waals surface area (Å²) >= 11 is 0. The average Bonchev–Trinajstić information content (AvgIpc) is 2.72. The molecular formula is C23H27NO7. The van der Waals surface area contributed by atoms with Crippen molar-refractivity contribution in [3.8, 4) is 17.2 Å². The van der Waals surface area contributed by atoms with Crippen molar-refractivity contribution >= 4 is 11.9 Å². The molecule has 0 spiro atoms. The second-order valence-corrected chi connectivity index (χ2v) is 8.43. The Morgan fingerprint density at radius 3 is 2.39 bits per heavy atom. The van der Waals surface area contributed by atoms with Crippen LogP contribution < -0.4 is 15.2 Å². The third kappa shape index (κ3) is 5.08. The molecule has 3 N–H and O–H groups in total. The molecule has 0 aromatic heterocycles. The molecule has 0 bridgehead atoms. The van der Waals surface area contributed by atoms with Gasteiger partial charge in [0.05, 0.1) is 7.11 Å². The molecule has 1 heterocycles. The van der Waals surface area contributed by atoms with Crippen LogP contribution in [0.3, 0.4) is 0 Å². The fourth-order valence-electron chi connectivity index (χ4n) is 3.18. The van der Waals surface area contributed by atoms with Crippen LogP contribution in [-0.4, -0.2) is 41.9 Å². The number of nitrogens with two attached hydrogens (primary N) is 1. The van der Waals surface area contributed by atoms with E-state index in [1.165, 1.54) is 7.11 Å². The Hall–Kier alpha value is -3.26. The Labute approximate surface area is 180 Å². The van der Waals surface area contributed by atoms with Crippen LogP contribution in [0.25, 0.3) is 0 Å². The van der Waals surface area contributed by atoms with Gasteiger partial charge in [0.1, 0.15) is 18.0 Å². The zero-order chi connectivity index (χ0) is 22.8. The lowest BCUT2D eigenvalue weighted by Crippen LogP contribution is -2.59. The standard InChI is InChI=1S/C23H27NO7/c1-22(2,3)31-21(27)23(24,20(26)28-4)12-14-5-10-17-18(11-14)29-13-19(30-17)15-6-8-16(25)9-7-15/h5-11,19,25H,12-13,24H2,1-4H3/t19-,23?/m1/s1. The van der Waals surface area contributed by atoms with Crippen LogP contribution in [0.5, 0.6) is 17.2 Å². The lowest BCUT2D eigenvalue weighted by atomic mass is 9.91.